The first-order valence-corrected chi connectivity index (χ1v) is 9.80. The van der Waals surface area contributed by atoms with Gasteiger partial charge in [-0.3, -0.25) is 9.89 Å². The lowest BCUT2D eigenvalue weighted by molar-refractivity contribution is -0.137. The second-order valence-electron chi connectivity index (χ2n) is 7.09. The van der Waals surface area contributed by atoms with Crippen molar-refractivity contribution >= 4 is 28.4 Å². The number of amides is 1. The molecule has 0 bridgehead atoms. The van der Waals surface area contributed by atoms with Gasteiger partial charge in [0.1, 0.15) is 5.82 Å². The fraction of sp³-hybridized carbons (Fsp3) is 0.182. The quantitative estimate of drug-likeness (QED) is 0.411. The lowest BCUT2D eigenvalue weighted by atomic mass is 10.1. The topological polar surface area (TPSA) is 95.6 Å². The molecule has 0 saturated carbocycles. The standard InChI is InChI=1S/C22H19F3N6O/c1-13(32)26-11-10-14-12-19(29-21-16-7-3-5-9-18(16)30-31-21)28-20(27-14)15-6-2-4-8-17(15)22(23,24)25/h2-9,12H,10-11H2,1H3,(H,26,32)(H2,27,28,29,30,31). The fourth-order valence-corrected chi connectivity index (χ4v) is 3.28. The molecular weight excluding hydrogens is 421 g/mol. The van der Waals surface area contributed by atoms with Gasteiger partial charge in [0.15, 0.2) is 11.6 Å². The average molecular weight is 440 g/mol. The van der Waals surface area contributed by atoms with Gasteiger partial charge in [0.2, 0.25) is 5.91 Å². The summed E-state index contributed by atoms with van der Waals surface area (Å²) in [6, 6.07) is 14.2. The van der Waals surface area contributed by atoms with Crippen LogP contribution in [-0.2, 0) is 17.4 Å². The van der Waals surface area contributed by atoms with Gasteiger partial charge in [-0.2, -0.15) is 18.3 Å². The molecule has 2 aromatic heterocycles. The Hall–Kier alpha value is -3.95. The summed E-state index contributed by atoms with van der Waals surface area (Å²) in [6.45, 7) is 1.68. The van der Waals surface area contributed by atoms with Crippen LogP contribution in [0.4, 0.5) is 24.8 Å². The summed E-state index contributed by atoms with van der Waals surface area (Å²) in [4.78, 5) is 19.9. The molecule has 0 spiro atoms. The van der Waals surface area contributed by atoms with Crippen molar-refractivity contribution in [2.75, 3.05) is 11.9 Å². The minimum absolute atomic E-state index is 0.0689. The summed E-state index contributed by atoms with van der Waals surface area (Å²) in [6.07, 6.45) is -4.24. The van der Waals surface area contributed by atoms with E-state index in [0.29, 0.717) is 23.8 Å². The van der Waals surface area contributed by atoms with Crippen LogP contribution in [0.15, 0.2) is 54.6 Å². The van der Waals surface area contributed by atoms with Crippen LogP contribution >= 0.6 is 0 Å². The average Bonchev–Trinajstić information content (AvgIpc) is 3.16. The van der Waals surface area contributed by atoms with Crippen LogP contribution in [0.5, 0.6) is 0 Å². The van der Waals surface area contributed by atoms with Crippen molar-refractivity contribution in [3.8, 4) is 11.4 Å². The van der Waals surface area contributed by atoms with Crippen LogP contribution in [0.1, 0.15) is 18.2 Å². The minimum atomic E-state index is -4.56. The van der Waals surface area contributed by atoms with Crippen LogP contribution in [0, 0.1) is 0 Å². The van der Waals surface area contributed by atoms with Crippen molar-refractivity contribution in [1.82, 2.24) is 25.5 Å². The number of rotatable bonds is 6. The van der Waals surface area contributed by atoms with Crippen LogP contribution in [0.25, 0.3) is 22.3 Å². The van der Waals surface area contributed by atoms with Crippen LogP contribution in [-0.4, -0.2) is 32.6 Å². The highest BCUT2D eigenvalue weighted by Crippen LogP contribution is 2.36. The van der Waals surface area contributed by atoms with Gasteiger partial charge in [-0.15, -0.1) is 0 Å². The van der Waals surface area contributed by atoms with Gasteiger partial charge in [-0.05, 0) is 18.2 Å². The summed E-state index contributed by atoms with van der Waals surface area (Å²) >= 11 is 0. The number of carbonyl (C=O) groups excluding carboxylic acids is 1. The van der Waals surface area contributed by atoms with Crippen LogP contribution in [0.3, 0.4) is 0 Å². The van der Waals surface area contributed by atoms with Gasteiger partial charge >= 0.3 is 6.18 Å². The van der Waals surface area contributed by atoms with E-state index in [1.807, 2.05) is 24.3 Å². The zero-order valence-electron chi connectivity index (χ0n) is 17.0. The van der Waals surface area contributed by atoms with Gasteiger partial charge in [0.05, 0.1) is 11.1 Å². The fourth-order valence-electron chi connectivity index (χ4n) is 3.28. The number of fused-ring (bicyclic) bond motifs is 1. The Morgan fingerprint density at radius 1 is 1.06 bits per heavy atom. The lowest BCUT2D eigenvalue weighted by Crippen LogP contribution is -2.22. The SMILES string of the molecule is CC(=O)NCCc1cc(Nc2n[nH]c3ccccc23)nc(-c2ccccc2C(F)(F)F)n1. The maximum atomic E-state index is 13.6. The number of aromatic amines is 1. The summed E-state index contributed by atoms with van der Waals surface area (Å²) in [7, 11) is 0. The van der Waals surface area contributed by atoms with Crippen molar-refractivity contribution in [3.63, 3.8) is 0 Å². The molecule has 2 aromatic carbocycles. The van der Waals surface area contributed by atoms with E-state index in [-0.39, 0.29) is 23.8 Å². The number of aromatic nitrogens is 4. The molecule has 0 aliphatic heterocycles. The number of para-hydroxylation sites is 1. The Labute approximate surface area is 181 Å². The maximum Gasteiger partial charge on any atom is 0.417 e. The monoisotopic (exact) mass is 440 g/mol. The van der Waals surface area contributed by atoms with Crippen molar-refractivity contribution < 1.29 is 18.0 Å². The number of nitrogens with one attached hydrogen (secondary N) is 3. The molecule has 0 saturated heterocycles. The molecule has 0 atom stereocenters. The van der Waals surface area contributed by atoms with E-state index in [9.17, 15) is 18.0 Å². The third-order valence-electron chi connectivity index (χ3n) is 4.72. The number of hydrogen-bond acceptors (Lipinski definition) is 5. The smallest absolute Gasteiger partial charge is 0.356 e. The van der Waals surface area contributed by atoms with Crippen LogP contribution < -0.4 is 10.6 Å². The molecule has 10 heteroatoms. The zero-order valence-corrected chi connectivity index (χ0v) is 17.0. The van der Waals surface area contributed by atoms with Gasteiger partial charge in [0.25, 0.3) is 0 Å². The summed E-state index contributed by atoms with van der Waals surface area (Å²) in [5.41, 5.74) is 0.326. The molecule has 1 amide bonds. The number of H-pyrrole nitrogens is 1. The molecule has 0 fully saturated rings. The molecule has 4 aromatic rings. The van der Waals surface area contributed by atoms with Crippen molar-refractivity contribution in [3.05, 3.63) is 65.9 Å². The number of anilines is 2. The van der Waals surface area contributed by atoms with Gasteiger partial charge in [-0.1, -0.05) is 30.3 Å². The van der Waals surface area contributed by atoms with E-state index in [1.165, 1.54) is 25.1 Å². The van der Waals surface area contributed by atoms with E-state index in [1.54, 1.807) is 6.07 Å². The molecule has 0 aliphatic carbocycles. The predicted octanol–water partition coefficient (Wildman–Crippen LogP) is 4.46. The van der Waals surface area contributed by atoms with E-state index in [2.05, 4.69) is 30.8 Å². The molecule has 3 N–H and O–H groups in total. The van der Waals surface area contributed by atoms with E-state index < -0.39 is 11.7 Å². The van der Waals surface area contributed by atoms with Crippen molar-refractivity contribution in [2.45, 2.75) is 19.5 Å². The lowest BCUT2D eigenvalue weighted by Gasteiger charge is -2.14. The van der Waals surface area contributed by atoms with Crippen LogP contribution in [0.2, 0.25) is 0 Å². The Morgan fingerprint density at radius 3 is 2.59 bits per heavy atom. The third kappa shape index (κ3) is 4.69. The number of carbonyl (C=O) groups is 1. The Kier molecular flexibility index (Phi) is 5.76. The first-order valence-electron chi connectivity index (χ1n) is 9.80. The molecule has 32 heavy (non-hydrogen) atoms. The highest BCUT2D eigenvalue weighted by atomic mass is 19.4. The molecular formula is C22H19F3N6O. The van der Waals surface area contributed by atoms with Crippen molar-refractivity contribution in [1.29, 1.82) is 0 Å². The summed E-state index contributed by atoms with van der Waals surface area (Å²) < 4.78 is 40.7. The van der Waals surface area contributed by atoms with Gasteiger partial charge in [0, 0.05) is 42.6 Å². The molecule has 0 aliphatic rings. The highest BCUT2D eigenvalue weighted by Gasteiger charge is 2.34. The molecule has 4 rings (SSSR count). The number of halogens is 3. The van der Waals surface area contributed by atoms with E-state index in [0.717, 1.165) is 17.0 Å². The molecule has 7 nitrogen and oxygen atoms in total. The van der Waals surface area contributed by atoms with Crippen molar-refractivity contribution in [2.24, 2.45) is 0 Å². The number of benzene rings is 2. The third-order valence-corrected chi connectivity index (χ3v) is 4.72. The summed E-state index contributed by atoms with van der Waals surface area (Å²) in [5.74, 6) is 0.507. The zero-order chi connectivity index (χ0) is 22.7. The molecule has 0 radical (unpaired) electrons. The Balaban J connectivity index is 1.76. The maximum absolute atomic E-state index is 13.6. The van der Waals surface area contributed by atoms with Gasteiger partial charge in [-0.25, -0.2) is 9.97 Å². The van der Waals surface area contributed by atoms with E-state index in [4.69, 9.17) is 0 Å². The largest absolute Gasteiger partial charge is 0.417 e. The van der Waals surface area contributed by atoms with E-state index >= 15 is 0 Å². The number of alkyl halides is 3. The second-order valence-corrected chi connectivity index (χ2v) is 7.09. The molecule has 0 unspecified atom stereocenters. The number of hydrogen-bond donors (Lipinski definition) is 3. The highest BCUT2D eigenvalue weighted by molar-refractivity contribution is 5.91. The first kappa shape index (κ1) is 21.3. The Morgan fingerprint density at radius 2 is 1.81 bits per heavy atom. The first-order chi connectivity index (χ1) is 15.3. The molecule has 164 valence electrons. The van der Waals surface area contributed by atoms with Gasteiger partial charge < -0.3 is 10.6 Å². The number of nitrogens with zero attached hydrogens (tertiary/aromatic N) is 3. The second kappa shape index (κ2) is 8.66. The molecule has 2 heterocycles. The normalized spacial score (nSPS) is 11.5. The minimum Gasteiger partial charge on any atom is -0.356 e. The Bertz CT molecular complexity index is 1270. The summed E-state index contributed by atoms with van der Waals surface area (Å²) in [5, 5.41) is 13.7. The predicted molar refractivity (Wildman–Crippen MR) is 114 cm³/mol.